The molecule has 0 bridgehead atoms. The molecule has 0 saturated heterocycles. The fraction of sp³-hybridized carbons (Fsp3) is 0.296. The quantitative estimate of drug-likeness (QED) is 0.400. The molecule has 1 aliphatic rings. The number of anilines is 2. The molecule has 1 aliphatic carbocycles. The van der Waals surface area contributed by atoms with Crippen LogP contribution in [0.4, 0.5) is 11.4 Å². The summed E-state index contributed by atoms with van der Waals surface area (Å²) >= 11 is 0. The van der Waals surface area contributed by atoms with Crippen LogP contribution in [0.25, 0.3) is 11.1 Å². The highest BCUT2D eigenvalue weighted by Crippen LogP contribution is 2.51. The average Bonchev–Trinajstić information content (AvgIpc) is 2.76. The monoisotopic (exact) mass is 414 g/mol. The fourth-order valence-corrected chi connectivity index (χ4v) is 4.57. The van der Waals surface area contributed by atoms with E-state index in [-0.39, 0.29) is 10.8 Å². The second-order valence-electron chi connectivity index (χ2n) is 9.68. The molecule has 0 aliphatic heterocycles. The third-order valence-corrected chi connectivity index (χ3v) is 6.53. The van der Waals surface area contributed by atoms with E-state index in [4.69, 9.17) is 0 Å². The Morgan fingerprint density at radius 2 is 1.45 bits per heavy atom. The Hall–Kier alpha value is -3.27. The average molecular weight is 415 g/mol. The lowest BCUT2D eigenvalue weighted by molar-refractivity contribution is 0.0697. The van der Waals surface area contributed by atoms with E-state index in [1.807, 2.05) is 42.5 Å². The van der Waals surface area contributed by atoms with E-state index in [9.17, 15) is 9.90 Å². The van der Waals surface area contributed by atoms with Crippen LogP contribution in [0, 0.1) is 0 Å². The van der Waals surface area contributed by atoms with E-state index >= 15 is 0 Å². The first kappa shape index (κ1) is 21.0. The van der Waals surface area contributed by atoms with Gasteiger partial charge in [0, 0.05) is 5.56 Å². The smallest absolute Gasteiger partial charge is 0.335 e. The fourth-order valence-electron chi connectivity index (χ4n) is 4.57. The first-order chi connectivity index (χ1) is 14.7. The molecular formula is C27H30N2O2. The van der Waals surface area contributed by atoms with Gasteiger partial charge in [-0.25, -0.2) is 4.79 Å². The zero-order valence-corrected chi connectivity index (χ0v) is 18.6. The molecule has 31 heavy (non-hydrogen) atoms. The van der Waals surface area contributed by atoms with E-state index in [1.165, 1.54) is 11.1 Å². The van der Waals surface area contributed by atoms with Crippen LogP contribution in [-0.2, 0) is 10.8 Å². The Labute approximate surface area is 184 Å². The summed E-state index contributed by atoms with van der Waals surface area (Å²) in [7, 11) is 0. The molecule has 0 saturated carbocycles. The topological polar surface area (TPSA) is 61.4 Å². The Morgan fingerprint density at radius 3 is 2.10 bits per heavy atom. The van der Waals surface area contributed by atoms with Crippen molar-refractivity contribution in [2.45, 2.75) is 51.4 Å². The third kappa shape index (κ3) is 4.02. The van der Waals surface area contributed by atoms with E-state index in [0.717, 1.165) is 35.3 Å². The number of fused-ring (bicyclic) bond motifs is 1. The molecule has 4 rings (SSSR count). The highest BCUT2D eigenvalue weighted by atomic mass is 16.4. The summed E-state index contributed by atoms with van der Waals surface area (Å²) in [5.41, 5.74) is 14.1. The summed E-state index contributed by atoms with van der Waals surface area (Å²) in [5.74, 6) is -0.913. The summed E-state index contributed by atoms with van der Waals surface area (Å²) < 4.78 is 0. The van der Waals surface area contributed by atoms with Gasteiger partial charge in [-0.15, -0.1) is 0 Å². The van der Waals surface area contributed by atoms with Gasteiger partial charge in [0.25, 0.3) is 0 Å². The minimum absolute atomic E-state index is 0.0164. The van der Waals surface area contributed by atoms with Crippen molar-refractivity contribution >= 4 is 17.3 Å². The van der Waals surface area contributed by atoms with Crippen molar-refractivity contribution in [2.24, 2.45) is 0 Å². The molecule has 0 spiro atoms. The van der Waals surface area contributed by atoms with Crippen molar-refractivity contribution in [3.63, 3.8) is 0 Å². The van der Waals surface area contributed by atoms with Crippen molar-refractivity contribution in [3.05, 3.63) is 83.4 Å². The summed E-state index contributed by atoms with van der Waals surface area (Å²) in [6, 6.07) is 21.6. The zero-order chi connectivity index (χ0) is 22.2. The van der Waals surface area contributed by atoms with Gasteiger partial charge in [0.05, 0.1) is 16.9 Å². The summed E-state index contributed by atoms with van der Waals surface area (Å²) in [4.78, 5) is 11.3. The standard InChI is InChI=1S/C27H30N2O2/c1-26(2)16-17-27(3,4)23-22(26)15-14-21(18-10-12-19(13-11-18)25(30)31)24(23)29-28-20-8-6-5-7-9-20/h5-15,28-29H,16-17H2,1-4H3,(H,30,31). The summed E-state index contributed by atoms with van der Waals surface area (Å²) in [6.45, 7) is 9.26. The van der Waals surface area contributed by atoms with Crippen LogP contribution in [0.15, 0.2) is 66.7 Å². The highest BCUT2D eigenvalue weighted by Gasteiger charge is 2.39. The Balaban J connectivity index is 1.87. The van der Waals surface area contributed by atoms with E-state index in [0.29, 0.717) is 5.56 Å². The van der Waals surface area contributed by atoms with E-state index in [2.05, 4.69) is 50.7 Å². The van der Waals surface area contributed by atoms with Crippen LogP contribution in [0.1, 0.15) is 62.0 Å². The molecule has 4 nitrogen and oxygen atoms in total. The SMILES string of the molecule is CC1(C)CCC(C)(C)c2c1ccc(-c1ccc(C(=O)O)cc1)c2NNc1ccccc1. The zero-order valence-electron chi connectivity index (χ0n) is 18.6. The van der Waals surface area contributed by atoms with Gasteiger partial charge in [0.1, 0.15) is 0 Å². The van der Waals surface area contributed by atoms with Gasteiger partial charge < -0.3 is 10.5 Å². The molecule has 0 heterocycles. The first-order valence-corrected chi connectivity index (χ1v) is 10.8. The normalized spacial score (nSPS) is 16.3. The lowest BCUT2D eigenvalue weighted by Crippen LogP contribution is -2.35. The molecule has 0 radical (unpaired) electrons. The van der Waals surface area contributed by atoms with Gasteiger partial charge in [0.2, 0.25) is 0 Å². The highest BCUT2D eigenvalue weighted by molar-refractivity contribution is 5.90. The minimum Gasteiger partial charge on any atom is -0.478 e. The molecule has 0 aromatic heterocycles. The van der Waals surface area contributed by atoms with Gasteiger partial charge in [-0.2, -0.15) is 0 Å². The predicted molar refractivity (Wildman–Crippen MR) is 128 cm³/mol. The number of carbonyl (C=O) groups is 1. The minimum atomic E-state index is -0.913. The second-order valence-corrected chi connectivity index (χ2v) is 9.68. The number of hydrazine groups is 1. The maximum absolute atomic E-state index is 11.3. The van der Waals surface area contributed by atoms with Gasteiger partial charge in [-0.3, -0.25) is 5.43 Å². The van der Waals surface area contributed by atoms with E-state index in [1.54, 1.807) is 12.1 Å². The van der Waals surface area contributed by atoms with Crippen LogP contribution in [0.2, 0.25) is 0 Å². The van der Waals surface area contributed by atoms with Crippen molar-refractivity contribution in [1.29, 1.82) is 0 Å². The molecule has 0 atom stereocenters. The number of hydrogen-bond acceptors (Lipinski definition) is 3. The molecule has 0 amide bonds. The van der Waals surface area contributed by atoms with Crippen LogP contribution in [-0.4, -0.2) is 11.1 Å². The lowest BCUT2D eigenvalue weighted by atomic mass is 9.62. The van der Waals surface area contributed by atoms with Gasteiger partial charge >= 0.3 is 5.97 Å². The van der Waals surface area contributed by atoms with Crippen molar-refractivity contribution < 1.29 is 9.90 Å². The Morgan fingerprint density at radius 1 is 0.806 bits per heavy atom. The summed E-state index contributed by atoms with van der Waals surface area (Å²) in [5, 5.41) is 9.27. The van der Waals surface area contributed by atoms with Crippen LogP contribution in [0.5, 0.6) is 0 Å². The number of nitrogens with one attached hydrogen (secondary N) is 2. The number of aromatic carboxylic acids is 1. The molecular weight excluding hydrogens is 384 g/mol. The number of carboxylic acids is 1. The van der Waals surface area contributed by atoms with Gasteiger partial charge in [0.15, 0.2) is 0 Å². The number of benzene rings is 3. The van der Waals surface area contributed by atoms with Crippen LogP contribution in [0.3, 0.4) is 0 Å². The molecule has 4 heteroatoms. The van der Waals surface area contributed by atoms with Gasteiger partial charge in [-0.1, -0.05) is 70.2 Å². The molecule has 0 unspecified atom stereocenters. The number of para-hydroxylation sites is 1. The molecule has 160 valence electrons. The maximum atomic E-state index is 11.3. The van der Waals surface area contributed by atoms with Crippen LogP contribution >= 0.6 is 0 Å². The first-order valence-electron chi connectivity index (χ1n) is 10.8. The van der Waals surface area contributed by atoms with E-state index < -0.39 is 5.97 Å². The number of rotatable bonds is 5. The maximum Gasteiger partial charge on any atom is 0.335 e. The Bertz CT molecular complexity index is 1100. The molecule has 3 aromatic rings. The predicted octanol–water partition coefficient (Wildman–Crippen LogP) is 6.84. The van der Waals surface area contributed by atoms with Crippen molar-refractivity contribution in [3.8, 4) is 11.1 Å². The Kier molecular flexibility index (Phi) is 5.26. The molecule has 3 N–H and O–H groups in total. The van der Waals surface area contributed by atoms with Gasteiger partial charge in [-0.05, 0) is 64.6 Å². The second kappa shape index (κ2) is 7.77. The van der Waals surface area contributed by atoms with Crippen molar-refractivity contribution in [2.75, 3.05) is 10.9 Å². The van der Waals surface area contributed by atoms with Crippen molar-refractivity contribution in [1.82, 2.24) is 0 Å². The third-order valence-electron chi connectivity index (χ3n) is 6.53. The number of carboxylic acid groups (broad SMARTS) is 1. The lowest BCUT2D eigenvalue weighted by Gasteiger charge is -2.43. The number of hydrogen-bond donors (Lipinski definition) is 3. The summed E-state index contributed by atoms with van der Waals surface area (Å²) in [6.07, 6.45) is 2.25. The largest absolute Gasteiger partial charge is 0.478 e. The molecule has 3 aromatic carbocycles. The molecule has 0 fully saturated rings. The van der Waals surface area contributed by atoms with Crippen LogP contribution < -0.4 is 10.9 Å².